The highest BCUT2D eigenvalue weighted by Crippen LogP contribution is 2.62. The first-order valence-electron chi connectivity index (χ1n) is 13.4. The number of hydrogen-bond donors (Lipinski definition) is 4. The molecule has 0 radical (unpaired) electrons. The fourth-order valence-electron chi connectivity index (χ4n) is 8.19. The van der Waals surface area contributed by atoms with Gasteiger partial charge >= 0.3 is 5.97 Å². The summed E-state index contributed by atoms with van der Waals surface area (Å²) in [7, 11) is 0. The number of rotatable bonds is 9. The van der Waals surface area contributed by atoms with E-state index in [9.17, 15) is 20.1 Å². The average Bonchev–Trinajstić information content (AvgIpc) is 3.23. The Morgan fingerprint density at radius 3 is 2.47 bits per heavy atom. The van der Waals surface area contributed by atoms with Gasteiger partial charge < -0.3 is 20.4 Å². The highest BCUT2D eigenvalue weighted by Gasteiger charge is 2.59. The van der Waals surface area contributed by atoms with Crippen molar-refractivity contribution in [2.45, 2.75) is 117 Å². The van der Waals surface area contributed by atoms with E-state index in [2.05, 4.69) is 20.8 Å². The van der Waals surface area contributed by atoms with Crippen LogP contribution in [0.15, 0.2) is 0 Å². The zero-order valence-corrected chi connectivity index (χ0v) is 20.7. The molecule has 2 unspecified atom stereocenters. The molecule has 0 heterocycles. The maximum atomic E-state index is 11.7. The normalized spacial score (nSPS) is 44.1. The summed E-state index contributed by atoms with van der Waals surface area (Å²) in [6.07, 6.45) is 8.25. The molecule has 0 aromatic heterocycles. The molecule has 0 aromatic carbocycles. The Balaban J connectivity index is 1.85. The molecular formula is C27H48O5. The maximum Gasteiger partial charge on any atom is 0.303 e. The minimum absolute atomic E-state index is 0.0486. The second-order valence-corrected chi connectivity index (χ2v) is 11.8. The predicted octanol–water partition coefficient (Wildman–Crippen LogP) is 4.87. The van der Waals surface area contributed by atoms with Crippen LogP contribution in [0.1, 0.15) is 98.3 Å². The Kier molecular flexibility index (Phi) is 8.71. The van der Waals surface area contributed by atoms with Crippen LogP contribution in [0.4, 0.5) is 0 Å². The Bertz CT molecular complexity index is 623. The van der Waals surface area contributed by atoms with Crippen molar-refractivity contribution in [1.82, 2.24) is 0 Å². The summed E-state index contributed by atoms with van der Waals surface area (Å²) in [5.41, 5.74) is 0.0486. The highest BCUT2D eigenvalue weighted by atomic mass is 16.4. The number of carboxylic acids is 1. The van der Waals surface area contributed by atoms with Crippen molar-refractivity contribution in [1.29, 1.82) is 0 Å². The van der Waals surface area contributed by atoms with Crippen LogP contribution in [-0.4, -0.2) is 44.7 Å². The number of hydrogen-bond acceptors (Lipinski definition) is 4. The van der Waals surface area contributed by atoms with E-state index in [0.29, 0.717) is 23.7 Å². The zero-order valence-electron chi connectivity index (χ0n) is 20.7. The molecule has 5 nitrogen and oxygen atoms in total. The van der Waals surface area contributed by atoms with Crippen LogP contribution < -0.4 is 0 Å². The maximum absolute atomic E-state index is 11.7. The van der Waals surface area contributed by atoms with E-state index >= 15 is 0 Å². The first kappa shape index (κ1) is 26.0. The molecule has 0 saturated heterocycles. The van der Waals surface area contributed by atoms with Crippen LogP contribution in [0.25, 0.3) is 0 Å². The van der Waals surface area contributed by atoms with Crippen molar-refractivity contribution in [2.24, 2.45) is 46.8 Å². The summed E-state index contributed by atoms with van der Waals surface area (Å²) >= 11 is 0. The third-order valence-electron chi connectivity index (χ3n) is 10.2. The molecule has 11 atom stereocenters. The van der Waals surface area contributed by atoms with Gasteiger partial charge in [0.2, 0.25) is 0 Å². The molecule has 3 rings (SSSR count). The molecule has 0 aliphatic heterocycles. The number of aliphatic carboxylic acids is 1. The van der Waals surface area contributed by atoms with E-state index in [-0.39, 0.29) is 47.9 Å². The molecule has 3 aliphatic carbocycles. The van der Waals surface area contributed by atoms with E-state index < -0.39 is 5.97 Å². The van der Waals surface area contributed by atoms with Crippen molar-refractivity contribution in [3.63, 3.8) is 0 Å². The standard InChI is InChI=1S/C27H48O5/c1-5-19(28)14-23-25(18-9-8-17(13-18)16(3)7-10-24(30)31)26(32)21(6-2)22-15-20(29)11-12-27(22,23)4/h16-23,25-26,28-29,32H,5-15H2,1-4H3,(H,30,31)/t16-,17+,18?,19-,20-,21-,22+,23?,25+,26-,27+/m1/s1. The predicted molar refractivity (Wildman–Crippen MR) is 126 cm³/mol. The molecule has 186 valence electrons. The van der Waals surface area contributed by atoms with Gasteiger partial charge in [0.15, 0.2) is 0 Å². The lowest BCUT2D eigenvalue weighted by molar-refractivity contribution is -0.179. The minimum atomic E-state index is -0.716. The van der Waals surface area contributed by atoms with E-state index in [4.69, 9.17) is 5.11 Å². The lowest BCUT2D eigenvalue weighted by atomic mass is 9.45. The van der Waals surface area contributed by atoms with Crippen molar-refractivity contribution in [3.05, 3.63) is 0 Å². The molecule has 4 N–H and O–H groups in total. The Morgan fingerprint density at radius 2 is 1.84 bits per heavy atom. The second kappa shape index (κ2) is 10.7. The molecule has 32 heavy (non-hydrogen) atoms. The van der Waals surface area contributed by atoms with Crippen LogP contribution in [0, 0.1) is 46.8 Å². The van der Waals surface area contributed by atoms with Gasteiger partial charge in [0.1, 0.15) is 0 Å². The topological polar surface area (TPSA) is 98.0 Å². The first-order chi connectivity index (χ1) is 15.1. The number of aliphatic hydroxyl groups is 3. The molecule has 0 amide bonds. The van der Waals surface area contributed by atoms with Gasteiger partial charge in [0.05, 0.1) is 18.3 Å². The van der Waals surface area contributed by atoms with Gasteiger partial charge in [-0.1, -0.05) is 34.1 Å². The minimum Gasteiger partial charge on any atom is -0.481 e. The summed E-state index contributed by atoms with van der Waals surface area (Å²) < 4.78 is 0. The summed E-state index contributed by atoms with van der Waals surface area (Å²) in [4.78, 5) is 11.0. The molecule has 0 spiro atoms. The van der Waals surface area contributed by atoms with E-state index in [0.717, 1.165) is 64.2 Å². The quantitative estimate of drug-likeness (QED) is 0.400. The van der Waals surface area contributed by atoms with Crippen molar-refractivity contribution >= 4 is 5.97 Å². The van der Waals surface area contributed by atoms with Crippen LogP contribution in [0.2, 0.25) is 0 Å². The summed E-state index contributed by atoms with van der Waals surface area (Å²) in [6, 6.07) is 0. The molecule has 5 heteroatoms. The molecular weight excluding hydrogens is 404 g/mol. The third kappa shape index (κ3) is 5.20. The van der Waals surface area contributed by atoms with Gasteiger partial charge in [-0.3, -0.25) is 4.79 Å². The Labute approximate surface area is 195 Å². The highest BCUT2D eigenvalue weighted by molar-refractivity contribution is 5.66. The Morgan fingerprint density at radius 1 is 1.12 bits per heavy atom. The largest absolute Gasteiger partial charge is 0.481 e. The number of carboxylic acid groups (broad SMARTS) is 1. The lowest BCUT2D eigenvalue weighted by Crippen LogP contribution is -2.59. The summed E-state index contributed by atoms with van der Waals surface area (Å²) in [5, 5.41) is 42.0. The van der Waals surface area contributed by atoms with Crippen molar-refractivity contribution in [2.75, 3.05) is 0 Å². The van der Waals surface area contributed by atoms with Crippen molar-refractivity contribution in [3.8, 4) is 0 Å². The second-order valence-electron chi connectivity index (χ2n) is 11.8. The fraction of sp³-hybridized carbons (Fsp3) is 0.963. The van der Waals surface area contributed by atoms with Crippen LogP contribution >= 0.6 is 0 Å². The number of fused-ring (bicyclic) bond motifs is 1. The van der Waals surface area contributed by atoms with Crippen LogP contribution in [0.3, 0.4) is 0 Å². The Hall–Kier alpha value is -0.650. The van der Waals surface area contributed by atoms with Crippen LogP contribution in [0.5, 0.6) is 0 Å². The van der Waals surface area contributed by atoms with Crippen molar-refractivity contribution < 1.29 is 25.2 Å². The number of carbonyl (C=O) groups is 1. The smallest absolute Gasteiger partial charge is 0.303 e. The molecule has 3 saturated carbocycles. The average molecular weight is 453 g/mol. The molecule has 0 aromatic rings. The van der Waals surface area contributed by atoms with Gasteiger partial charge in [0.25, 0.3) is 0 Å². The van der Waals surface area contributed by atoms with E-state index in [1.165, 1.54) is 0 Å². The number of aliphatic hydroxyl groups excluding tert-OH is 3. The van der Waals surface area contributed by atoms with Gasteiger partial charge in [-0.2, -0.15) is 0 Å². The molecule has 0 bridgehead atoms. The monoisotopic (exact) mass is 452 g/mol. The molecule has 3 aliphatic rings. The lowest BCUT2D eigenvalue weighted by Gasteiger charge is -2.61. The van der Waals surface area contributed by atoms with Gasteiger partial charge in [-0.25, -0.2) is 0 Å². The van der Waals surface area contributed by atoms with Gasteiger partial charge in [-0.05, 0) is 105 Å². The van der Waals surface area contributed by atoms with E-state index in [1.807, 2.05) is 6.92 Å². The fourth-order valence-corrected chi connectivity index (χ4v) is 8.19. The van der Waals surface area contributed by atoms with Crippen LogP contribution in [-0.2, 0) is 4.79 Å². The van der Waals surface area contributed by atoms with Gasteiger partial charge in [-0.15, -0.1) is 0 Å². The first-order valence-corrected chi connectivity index (χ1v) is 13.4. The van der Waals surface area contributed by atoms with E-state index in [1.54, 1.807) is 0 Å². The summed E-state index contributed by atoms with van der Waals surface area (Å²) in [5.74, 6) is 1.62. The molecule has 3 fully saturated rings. The summed E-state index contributed by atoms with van der Waals surface area (Å²) in [6.45, 7) is 8.80. The third-order valence-corrected chi connectivity index (χ3v) is 10.2. The SMILES string of the molecule is CC[C@@H](O)CC1[C@H](C2CC[C@H]([C@H](C)CCC(=O)O)C2)[C@H](O)[C@H](CC)[C@@H]2C[C@H](O)CC[C@]12C. The van der Waals surface area contributed by atoms with Gasteiger partial charge in [0, 0.05) is 6.42 Å². The zero-order chi connectivity index (χ0) is 23.6.